The summed E-state index contributed by atoms with van der Waals surface area (Å²) in [6, 6.07) is 17.0. The molecule has 0 atom stereocenters. The van der Waals surface area contributed by atoms with E-state index in [1.807, 2.05) is 54.6 Å². The molecule has 0 aromatic heterocycles. The number of carbonyl (C=O) groups is 1. The maximum Gasteiger partial charge on any atom is 0.338 e. The van der Waals surface area contributed by atoms with Crippen LogP contribution >= 0.6 is 0 Å². The van der Waals surface area contributed by atoms with Crippen molar-refractivity contribution in [2.24, 2.45) is 0 Å². The van der Waals surface area contributed by atoms with Crippen LogP contribution in [0.5, 0.6) is 0 Å². The van der Waals surface area contributed by atoms with Crippen LogP contribution in [0.1, 0.15) is 16.7 Å². The van der Waals surface area contributed by atoms with E-state index in [1.165, 1.54) is 0 Å². The first-order valence-electron chi connectivity index (χ1n) is 6.06. The molecule has 0 amide bonds. The summed E-state index contributed by atoms with van der Waals surface area (Å²) in [5.74, 6) is -0.935. The number of aliphatic carboxylic acids is 1. The molecule has 2 aromatic rings. The molecule has 0 unspecified atom stereocenters. The van der Waals surface area contributed by atoms with Crippen molar-refractivity contribution in [3.8, 4) is 0 Å². The predicted octanol–water partition coefficient (Wildman–Crippen LogP) is 2.76. The highest BCUT2D eigenvalue weighted by Crippen LogP contribution is 2.32. The molecule has 3 heteroatoms. The Balaban J connectivity index is 2.24. The maximum absolute atomic E-state index is 11.6. The van der Waals surface area contributed by atoms with Crippen molar-refractivity contribution in [1.82, 2.24) is 5.32 Å². The molecule has 1 heterocycles. The molecule has 93 valence electrons. The number of rotatable bonds is 2. The molecule has 19 heavy (non-hydrogen) atoms. The van der Waals surface area contributed by atoms with Crippen molar-refractivity contribution in [3.05, 3.63) is 71.3 Å². The van der Waals surface area contributed by atoms with Crippen molar-refractivity contribution >= 4 is 17.2 Å². The first kappa shape index (κ1) is 11.5. The van der Waals surface area contributed by atoms with Crippen LogP contribution in [0.4, 0.5) is 0 Å². The molecule has 1 radical (unpaired) electrons. The number of hydrogen-bond acceptors (Lipinski definition) is 1. The lowest BCUT2D eigenvalue weighted by atomic mass is 9.92. The summed E-state index contributed by atoms with van der Waals surface area (Å²) in [6.07, 6.45) is 0. The number of hydrogen-bond donors (Lipinski definition) is 1. The molecule has 1 aliphatic heterocycles. The molecule has 0 spiro atoms. The van der Waals surface area contributed by atoms with Crippen LogP contribution in [0, 0.1) is 0 Å². The number of nitrogens with zero attached hydrogens (tertiary/aromatic N) is 1. The van der Waals surface area contributed by atoms with Gasteiger partial charge in [-0.25, -0.2) is 4.79 Å². The highest BCUT2D eigenvalue weighted by atomic mass is 16.4. The minimum absolute atomic E-state index is 0.285. The van der Waals surface area contributed by atoms with Gasteiger partial charge in [-0.15, -0.1) is 0 Å². The normalized spacial score (nSPS) is 13.7. The highest BCUT2D eigenvalue weighted by molar-refractivity contribution is 6.24. The summed E-state index contributed by atoms with van der Waals surface area (Å²) < 4.78 is 0. The van der Waals surface area contributed by atoms with E-state index < -0.39 is 5.97 Å². The largest absolute Gasteiger partial charge is 0.478 e. The van der Waals surface area contributed by atoms with Gasteiger partial charge in [0.1, 0.15) is 0 Å². The minimum Gasteiger partial charge on any atom is -0.478 e. The Kier molecular flexibility index (Phi) is 2.80. The fraction of sp³-hybridized carbons (Fsp3) is 0.0625. The second-order valence-electron chi connectivity index (χ2n) is 4.37. The van der Waals surface area contributed by atoms with Gasteiger partial charge in [-0.05, 0) is 11.1 Å². The molecule has 2 aromatic carbocycles. The third kappa shape index (κ3) is 1.99. The number of benzene rings is 2. The fourth-order valence-corrected chi connectivity index (χ4v) is 2.32. The van der Waals surface area contributed by atoms with Gasteiger partial charge in [-0.1, -0.05) is 54.6 Å². The van der Waals surface area contributed by atoms with Gasteiger partial charge >= 0.3 is 5.97 Å². The van der Waals surface area contributed by atoms with E-state index >= 15 is 0 Å². The molecule has 0 saturated carbocycles. The lowest BCUT2D eigenvalue weighted by molar-refractivity contribution is -0.130. The molecule has 3 nitrogen and oxygen atoms in total. The predicted molar refractivity (Wildman–Crippen MR) is 73.2 cm³/mol. The molecular formula is C16H12NO2. The SMILES string of the molecule is O=C(O)C1=C(c2ccccc2)[N]Cc2ccccc21. The molecule has 0 fully saturated rings. The second kappa shape index (κ2) is 4.61. The van der Waals surface area contributed by atoms with Crippen molar-refractivity contribution < 1.29 is 9.90 Å². The molecule has 1 aliphatic rings. The number of carboxylic acid groups (broad SMARTS) is 1. The van der Waals surface area contributed by atoms with E-state index in [0.717, 1.165) is 16.7 Å². The standard InChI is InChI=1S/C16H12NO2/c18-16(19)14-13-9-5-4-8-12(13)10-17-15(14)11-6-2-1-3-7-11/h1-9H,10H2,(H,18,19). The van der Waals surface area contributed by atoms with Crippen LogP contribution in [0.25, 0.3) is 11.3 Å². The van der Waals surface area contributed by atoms with Gasteiger partial charge in [-0.2, -0.15) is 0 Å². The van der Waals surface area contributed by atoms with Crippen LogP contribution in [0.3, 0.4) is 0 Å². The summed E-state index contributed by atoms with van der Waals surface area (Å²) in [6.45, 7) is 0.525. The molecule has 1 N–H and O–H groups in total. The smallest absolute Gasteiger partial charge is 0.338 e. The van der Waals surface area contributed by atoms with Crippen LogP contribution in [0.15, 0.2) is 54.6 Å². The number of fused-ring (bicyclic) bond motifs is 1. The molecule has 0 saturated heterocycles. The van der Waals surface area contributed by atoms with Crippen LogP contribution in [-0.4, -0.2) is 11.1 Å². The average Bonchev–Trinajstić information content (AvgIpc) is 2.46. The Morgan fingerprint density at radius 3 is 2.42 bits per heavy atom. The minimum atomic E-state index is -0.935. The first-order chi connectivity index (χ1) is 9.27. The zero-order valence-electron chi connectivity index (χ0n) is 10.2. The highest BCUT2D eigenvalue weighted by Gasteiger charge is 2.25. The molecular weight excluding hydrogens is 238 g/mol. The van der Waals surface area contributed by atoms with E-state index in [9.17, 15) is 9.90 Å². The van der Waals surface area contributed by atoms with Crippen LogP contribution < -0.4 is 5.32 Å². The Bertz CT molecular complexity index is 659. The Morgan fingerprint density at radius 1 is 1.00 bits per heavy atom. The summed E-state index contributed by atoms with van der Waals surface area (Å²) >= 11 is 0. The Labute approximate surface area is 111 Å². The topological polar surface area (TPSA) is 51.4 Å². The quantitative estimate of drug-likeness (QED) is 0.891. The van der Waals surface area contributed by atoms with Crippen molar-refractivity contribution in [2.75, 3.05) is 0 Å². The zero-order chi connectivity index (χ0) is 13.2. The molecule has 0 aliphatic carbocycles. The van der Waals surface area contributed by atoms with Gasteiger partial charge in [0, 0.05) is 5.56 Å². The van der Waals surface area contributed by atoms with Crippen molar-refractivity contribution in [1.29, 1.82) is 0 Å². The van der Waals surface area contributed by atoms with Crippen molar-refractivity contribution in [2.45, 2.75) is 6.54 Å². The van der Waals surface area contributed by atoms with E-state index in [1.54, 1.807) is 0 Å². The van der Waals surface area contributed by atoms with Gasteiger partial charge in [0.25, 0.3) is 0 Å². The maximum atomic E-state index is 11.6. The zero-order valence-corrected chi connectivity index (χ0v) is 10.2. The molecule has 3 rings (SSSR count). The van der Waals surface area contributed by atoms with Crippen LogP contribution in [-0.2, 0) is 11.3 Å². The lowest BCUT2D eigenvalue weighted by Crippen LogP contribution is -2.18. The van der Waals surface area contributed by atoms with E-state index in [0.29, 0.717) is 12.2 Å². The van der Waals surface area contributed by atoms with E-state index in [-0.39, 0.29) is 5.57 Å². The summed E-state index contributed by atoms with van der Waals surface area (Å²) in [7, 11) is 0. The van der Waals surface area contributed by atoms with Gasteiger partial charge in [0.15, 0.2) is 0 Å². The monoisotopic (exact) mass is 250 g/mol. The Hall–Kier alpha value is -2.55. The Morgan fingerprint density at radius 2 is 1.68 bits per heavy atom. The average molecular weight is 250 g/mol. The van der Waals surface area contributed by atoms with E-state index in [2.05, 4.69) is 5.32 Å². The second-order valence-corrected chi connectivity index (χ2v) is 4.37. The summed E-state index contributed by atoms with van der Waals surface area (Å²) in [4.78, 5) is 11.6. The third-order valence-corrected chi connectivity index (χ3v) is 3.19. The summed E-state index contributed by atoms with van der Waals surface area (Å²) in [5.41, 5.74) is 3.41. The van der Waals surface area contributed by atoms with Gasteiger partial charge in [0.05, 0.1) is 17.8 Å². The lowest BCUT2D eigenvalue weighted by Gasteiger charge is -2.21. The summed E-state index contributed by atoms with van der Waals surface area (Å²) in [5, 5.41) is 13.9. The van der Waals surface area contributed by atoms with Gasteiger partial charge < -0.3 is 5.11 Å². The van der Waals surface area contributed by atoms with Crippen LogP contribution in [0.2, 0.25) is 0 Å². The third-order valence-electron chi connectivity index (χ3n) is 3.19. The number of carboxylic acids is 1. The molecule has 0 bridgehead atoms. The first-order valence-corrected chi connectivity index (χ1v) is 6.06. The van der Waals surface area contributed by atoms with E-state index in [4.69, 9.17) is 0 Å². The van der Waals surface area contributed by atoms with Gasteiger partial charge in [-0.3, -0.25) is 5.32 Å². The van der Waals surface area contributed by atoms with Crippen molar-refractivity contribution in [3.63, 3.8) is 0 Å². The van der Waals surface area contributed by atoms with Gasteiger partial charge in [0.2, 0.25) is 0 Å². The fourth-order valence-electron chi connectivity index (χ4n) is 2.32.